The first-order chi connectivity index (χ1) is 16.6. The van der Waals surface area contributed by atoms with Crippen molar-refractivity contribution >= 4 is 11.7 Å². The van der Waals surface area contributed by atoms with Crippen molar-refractivity contribution in [3.05, 3.63) is 77.6 Å². The summed E-state index contributed by atoms with van der Waals surface area (Å²) in [5.74, 6) is 1.25. The number of hydrogen-bond acceptors (Lipinski definition) is 5. The highest BCUT2D eigenvalue weighted by Crippen LogP contribution is 2.29. The second kappa shape index (κ2) is 9.94. The monoisotopic (exact) mass is 455 g/mol. The van der Waals surface area contributed by atoms with E-state index in [1.807, 2.05) is 17.0 Å². The Balaban J connectivity index is 1.31. The molecule has 2 aromatic heterocycles. The van der Waals surface area contributed by atoms with Gasteiger partial charge in [0.05, 0.1) is 5.69 Å². The number of rotatable bonds is 4. The number of hydrogen-bond donors (Lipinski definition) is 0. The van der Waals surface area contributed by atoms with Crippen molar-refractivity contribution in [2.75, 3.05) is 51.2 Å². The summed E-state index contributed by atoms with van der Waals surface area (Å²) in [4.78, 5) is 29.6. The Morgan fingerprint density at radius 3 is 2.62 bits per heavy atom. The second-order valence-corrected chi connectivity index (χ2v) is 9.60. The van der Waals surface area contributed by atoms with Crippen molar-refractivity contribution in [2.24, 2.45) is 0 Å². The fourth-order valence-corrected chi connectivity index (χ4v) is 4.99. The Labute approximate surface area is 202 Å². The Kier molecular flexibility index (Phi) is 6.59. The van der Waals surface area contributed by atoms with Gasteiger partial charge in [0.25, 0.3) is 5.91 Å². The van der Waals surface area contributed by atoms with E-state index >= 15 is 0 Å². The van der Waals surface area contributed by atoms with E-state index in [0.29, 0.717) is 6.54 Å². The van der Waals surface area contributed by atoms with Crippen LogP contribution in [0.25, 0.3) is 11.3 Å². The van der Waals surface area contributed by atoms with Crippen molar-refractivity contribution in [1.82, 2.24) is 19.8 Å². The Morgan fingerprint density at radius 2 is 1.79 bits per heavy atom. The highest BCUT2D eigenvalue weighted by molar-refractivity contribution is 5.95. The summed E-state index contributed by atoms with van der Waals surface area (Å²) in [6.45, 7) is 7.51. The fraction of sp³-hybridized carbons (Fsp3) is 0.393. The van der Waals surface area contributed by atoms with Gasteiger partial charge in [-0.1, -0.05) is 29.8 Å². The molecule has 1 unspecified atom stereocenters. The highest BCUT2D eigenvalue weighted by Gasteiger charge is 2.27. The lowest BCUT2D eigenvalue weighted by Crippen LogP contribution is -2.45. The zero-order valence-corrected chi connectivity index (χ0v) is 20.2. The van der Waals surface area contributed by atoms with E-state index in [2.05, 4.69) is 71.2 Å². The Bertz CT molecular complexity index is 1150. The summed E-state index contributed by atoms with van der Waals surface area (Å²) >= 11 is 0. The number of piperidine rings is 1. The van der Waals surface area contributed by atoms with Crippen molar-refractivity contribution < 1.29 is 4.79 Å². The number of aromatic nitrogens is 2. The second-order valence-electron chi connectivity index (χ2n) is 9.60. The van der Waals surface area contributed by atoms with E-state index in [0.717, 1.165) is 73.9 Å². The van der Waals surface area contributed by atoms with Gasteiger partial charge in [0.1, 0.15) is 5.82 Å². The van der Waals surface area contributed by atoms with Gasteiger partial charge in [-0.15, -0.1) is 0 Å². The first-order valence-electron chi connectivity index (χ1n) is 12.3. The molecule has 1 aromatic carbocycles. The molecule has 0 aliphatic carbocycles. The molecule has 2 aliphatic heterocycles. The SMILES string of the molecule is Cc1cccc(-c2cccc(C3CCCN(C(=O)c4ccnc(N5CCN(C)CC5)c4)C3)n2)c1. The topological polar surface area (TPSA) is 52.6 Å². The molecule has 0 N–H and O–H groups in total. The number of nitrogens with zero attached hydrogens (tertiary/aromatic N) is 5. The minimum atomic E-state index is 0.0947. The Hall–Kier alpha value is -3.25. The molecule has 1 atom stereocenters. The standard InChI is InChI=1S/C28H33N5O/c1-21-6-3-7-22(18-21)25-9-4-10-26(30-25)24-8-5-13-33(20-24)28(34)23-11-12-29-27(19-23)32-16-14-31(2)15-17-32/h3-4,6-7,9-12,18-19,24H,5,8,13-17,20H2,1-2H3. The zero-order chi connectivity index (χ0) is 23.5. The predicted molar refractivity (Wildman–Crippen MR) is 136 cm³/mol. The van der Waals surface area contributed by atoms with Crippen LogP contribution in [-0.2, 0) is 0 Å². The highest BCUT2D eigenvalue weighted by atomic mass is 16.2. The van der Waals surface area contributed by atoms with Crippen LogP contribution in [0.3, 0.4) is 0 Å². The van der Waals surface area contributed by atoms with E-state index in [9.17, 15) is 4.79 Å². The van der Waals surface area contributed by atoms with E-state index in [1.54, 1.807) is 6.20 Å². The lowest BCUT2D eigenvalue weighted by Gasteiger charge is -2.34. The number of anilines is 1. The third-order valence-electron chi connectivity index (χ3n) is 7.03. The summed E-state index contributed by atoms with van der Waals surface area (Å²) in [7, 11) is 2.14. The number of amides is 1. The summed E-state index contributed by atoms with van der Waals surface area (Å²) < 4.78 is 0. The van der Waals surface area contributed by atoms with Gasteiger partial charge in [-0.05, 0) is 57.1 Å². The van der Waals surface area contributed by atoms with Crippen molar-refractivity contribution in [2.45, 2.75) is 25.7 Å². The van der Waals surface area contributed by atoms with Gasteiger partial charge in [0.2, 0.25) is 0 Å². The van der Waals surface area contributed by atoms with Gasteiger partial charge in [-0.2, -0.15) is 0 Å². The molecule has 1 amide bonds. The normalized spacial score (nSPS) is 19.3. The molecule has 2 saturated heterocycles. The van der Waals surface area contributed by atoms with Crippen LogP contribution in [-0.4, -0.2) is 72.0 Å². The van der Waals surface area contributed by atoms with Crippen LogP contribution < -0.4 is 4.90 Å². The minimum absolute atomic E-state index is 0.0947. The molecule has 176 valence electrons. The molecule has 6 nitrogen and oxygen atoms in total. The first-order valence-corrected chi connectivity index (χ1v) is 12.3. The molecule has 2 aliphatic rings. The maximum atomic E-state index is 13.4. The van der Waals surface area contributed by atoms with Crippen LogP contribution in [0.2, 0.25) is 0 Å². The fourth-order valence-electron chi connectivity index (χ4n) is 4.99. The van der Waals surface area contributed by atoms with Gasteiger partial charge in [-0.25, -0.2) is 4.98 Å². The van der Waals surface area contributed by atoms with Crippen LogP contribution in [0.4, 0.5) is 5.82 Å². The summed E-state index contributed by atoms with van der Waals surface area (Å²) in [6, 6.07) is 18.5. The number of carbonyl (C=O) groups is 1. The summed E-state index contributed by atoms with van der Waals surface area (Å²) in [6.07, 6.45) is 3.81. The van der Waals surface area contributed by atoms with E-state index < -0.39 is 0 Å². The molecule has 0 bridgehead atoms. The molecular weight excluding hydrogens is 422 g/mol. The number of aryl methyl sites for hydroxylation is 1. The molecule has 4 heterocycles. The molecule has 34 heavy (non-hydrogen) atoms. The quantitative estimate of drug-likeness (QED) is 0.590. The zero-order valence-electron chi connectivity index (χ0n) is 20.2. The van der Waals surface area contributed by atoms with Gasteiger partial charge in [0, 0.05) is 68.2 Å². The third kappa shape index (κ3) is 4.97. The largest absolute Gasteiger partial charge is 0.354 e. The lowest BCUT2D eigenvalue weighted by molar-refractivity contribution is 0.0706. The number of carbonyl (C=O) groups excluding carboxylic acids is 1. The third-order valence-corrected chi connectivity index (χ3v) is 7.03. The van der Waals surface area contributed by atoms with Crippen LogP contribution in [0.15, 0.2) is 60.8 Å². The molecule has 2 fully saturated rings. The number of pyridine rings is 2. The van der Waals surface area contributed by atoms with Crippen LogP contribution in [0.1, 0.15) is 40.4 Å². The molecule has 6 heteroatoms. The molecule has 0 radical (unpaired) electrons. The van der Waals surface area contributed by atoms with E-state index in [-0.39, 0.29) is 11.8 Å². The van der Waals surface area contributed by atoms with E-state index in [1.165, 1.54) is 5.56 Å². The van der Waals surface area contributed by atoms with Crippen molar-refractivity contribution in [3.63, 3.8) is 0 Å². The molecule has 0 spiro atoms. The number of benzene rings is 1. The minimum Gasteiger partial charge on any atom is -0.354 e. The van der Waals surface area contributed by atoms with Gasteiger partial charge in [-0.3, -0.25) is 9.78 Å². The molecule has 5 rings (SSSR count). The first kappa shape index (κ1) is 22.5. The van der Waals surface area contributed by atoms with Crippen molar-refractivity contribution in [1.29, 1.82) is 0 Å². The average Bonchev–Trinajstić information content (AvgIpc) is 2.89. The number of likely N-dealkylation sites (tertiary alicyclic amines) is 1. The molecular formula is C28H33N5O. The summed E-state index contributed by atoms with van der Waals surface area (Å²) in [5.41, 5.74) is 5.16. The smallest absolute Gasteiger partial charge is 0.254 e. The molecule has 3 aromatic rings. The van der Waals surface area contributed by atoms with Gasteiger partial charge < -0.3 is 14.7 Å². The number of piperazine rings is 1. The maximum Gasteiger partial charge on any atom is 0.254 e. The van der Waals surface area contributed by atoms with Crippen LogP contribution >= 0.6 is 0 Å². The van der Waals surface area contributed by atoms with Crippen LogP contribution in [0, 0.1) is 6.92 Å². The molecule has 0 saturated carbocycles. The summed E-state index contributed by atoms with van der Waals surface area (Å²) in [5, 5.41) is 0. The van der Waals surface area contributed by atoms with E-state index in [4.69, 9.17) is 4.98 Å². The van der Waals surface area contributed by atoms with Crippen molar-refractivity contribution in [3.8, 4) is 11.3 Å². The lowest BCUT2D eigenvalue weighted by atomic mass is 9.93. The average molecular weight is 456 g/mol. The van der Waals surface area contributed by atoms with Gasteiger partial charge >= 0.3 is 0 Å². The number of likely N-dealkylation sites (N-methyl/N-ethyl adjacent to an activating group) is 1. The maximum absolute atomic E-state index is 13.4. The van der Waals surface area contributed by atoms with Gasteiger partial charge in [0.15, 0.2) is 0 Å². The Morgan fingerprint density at radius 1 is 0.971 bits per heavy atom. The predicted octanol–water partition coefficient (Wildman–Crippen LogP) is 4.22. The van der Waals surface area contributed by atoms with Crippen LogP contribution in [0.5, 0.6) is 0 Å².